The van der Waals surface area contributed by atoms with Gasteiger partial charge in [0, 0.05) is 0 Å². The summed E-state index contributed by atoms with van der Waals surface area (Å²) in [6.45, 7) is 8.68. The Balaban J connectivity index is 3.67. The normalized spacial score (nSPS) is 13.4. The number of ether oxygens (including phenoxy) is 2. The van der Waals surface area contributed by atoms with Crippen molar-refractivity contribution in [1.82, 2.24) is 0 Å². The summed E-state index contributed by atoms with van der Waals surface area (Å²) < 4.78 is 40.3. The molecule has 0 aliphatic carbocycles. The molecule has 7 nitrogen and oxygen atoms in total. The molecule has 8 heteroatoms. The van der Waals surface area contributed by atoms with E-state index in [1.54, 1.807) is 0 Å². The van der Waals surface area contributed by atoms with Gasteiger partial charge in [-0.1, -0.05) is 12.5 Å². The fourth-order valence-electron chi connectivity index (χ4n) is 1.12. The Kier molecular flexibility index (Phi) is 10.0. The van der Waals surface area contributed by atoms with Gasteiger partial charge in [0.2, 0.25) is 0 Å². The zero-order chi connectivity index (χ0) is 14.7. The maximum atomic E-state index is 10.7. The Morgan fingerprint density at radius 2 is 2.00 bits per heavy atom. The molecule has 0 aliphatic heterocycles. The van der Waals surface area contributed by atoms with Crippen molar-refractivity contribution in [3.63, 3.8) is 0 Å². The molecule has 114 valence electrons. The first-order valence-electron chi connectivity index (χ1n) is 6.02. The maximum Gasteiger partial charge on any atom is 0.415 e. The van der Waals surface area contributed by atoms with Crippen LogP contribution in [-0.2, 0) is 28.3 Å². The molecule has 0 saturated carbocycles. The molecule has 0 aliphatic rings. The van der Waals surface area contributed by atoms with Gasteiger partial charge in [-0.15, -0.1) is 6.58 Å². The maximum absolute atomic E-state index is 10.7. The minimum Gasteiger partial charge on any atom is -0.378 e. The molecular weight excluding hydrogens is 274 g/mol. The molecular formula is C11H23NO6S. The first-order valence-corrected chi connectivity index (χ1v) is 7.36. The molecule has 1 unspecified atom stereocenters. The fraction of sp³-hybridized carbons (Fsp3) is 0.818. The second kappa shape index (κ2) is 10.3. The molecule has 0 aromatic rings. The first-order chi connectivity index (χ1) is 8.91. The van der Waals surface area contributed by atoms with E-state index in [2.05, 4.69) is 20.9 Å². The first kappa shape index (κ1) is 18.5. The lowest BCUT2D eigenvalue weighted by Gasteiger charge is -2.16. The number of hydrogen-bond donors (Lipinski definition) is 1. The van der Waals surface area contributed by atoms with Crippen LogP contribution < -0.4 is 5.90 Å². The van der Waals surface area contributed by atoms with E-state index >= 15 is 0 Å². The Labute approximate surface area is 114 Å². The Hall–Kier alpha value is -0.510. The van der Waals surface area contributed by atoms with Crippen molar-refractivity contribution in [2.45, 2.75) is 32.8 Å². The zero-order valence-electron chi connectivity index (χ0n) is 11.5. The third-order valence-corrected chi connectivity index (χ3v) is 2.91. The van der Waals surface area contributed by atoms with Crippen LogP contribution in [0, 0.1) is 0 Å². The molecule has 2 N–H and O–H groups in total. The van der Waals surface area contributed by atoms with Crippen LogP contribution in [0.4, 0.5) is 0 Å². The van der Waals surface area contributed by atoms with Gasteiger partial charge in [-0.05, 0) is 19.8 Å². The van der Waals surface area contributed by atoms with Gasteiger partial charge in [-0.2, -0.15) is 18.6 Å². The number of nitrogens with two attached hydrogens (primary N) is 1. The topological polar surface area (TPSA) is 97.1 Å². The highest BCUT2D eigenvalue weighted by atomic mass is 32.3. The van der Waals surface area contributed by atoms with Crippen LogP contribution in [0.15, 0.2) is 12.2 Å². The summed E-state index contributed by atoms with van der Waals surface area (Å²) in [5.74, 6) is 4.50. The van der Waals surface area contributed by atoms with Gasteiger partial charge < -0.3 is 9.47 Å². The number of rotatable bonds is 12. The largest absolute Gasteiger partial charge is 0.415 e. The Morgan fingerprint density at radius 1 is 1.32 bits per heavy atom. The van der Waals surface area contributed by atoms with E-state index in [0.29, 0.717) is 13.2 Å². The molecule has 0 amide bonds. The molecule has 0 heterocycles. The summed E-state index contributed by atoms with van der Waals surface area (Å²) in [4.78, 5) is 0. The predicted molar refractivity (Wildman–Crippen MR) is 70.4 cm³/mol. The quantitative estimate of drug-likeness (QED) is 0.325. The molecule has 0 aromatic heterocycles. The summed E-state index contributed by atoms with van der Waals surface area (Å²) in [5, 5.41) is 0. The summed E-state index contributed by atoms with van der Waals surface area (Å²) >= 11 is 0. The van der Waals surface area contributed by atoms with Crippen LogP contribution in [0.3, 0.4) is 0 Å². The van der Waals surface area contributed by atoms with Crippen molar-refractivity contribution in [3.8, 4) is 0 Å². The Morgan fingerprint density at radius 3 is 2.53 bits per heavy atom. The molecule has 0 aromatic carbocycles. The average Bonchev–Trinajstić information content (AvgIpc) is 2.36. The highest BCUT2D eigenvalue weighted by Gasteiger charge is 2.11. The van der Waals surface area contributed by atoms with Gasteiger partial charge >= 0.3 is 10.4 Å². The van der Waals surface area contributed by atoms with Crippen LogP contribution in [0.1, 0.15) is 26.7 Å². The SMILES string of the molecule is C=C(C)CCOCC(CC)OCCOS(=O)(=O)ON. The van der Waals surface area contributed by atoms with Crippen LogP contribution in [0.2, 0.25) is 0 Å². The summed E-state index contributed by atoms with van der Waals surface area (Å²) in [6, 6.07) is 0. The van der Waals surface area contributed by atoms with Gasteiger partial charge in [0.15, 0.2) is 0 Å². The molecule has 0 bridgehead atoms. The standard InChI is InChI=1S/C11H23NO6S/c1-4-11(9-15-6-5-10(2)3)16-7-8-17-19(13,14)18-12/h11H,2,4-9,12H2,1,3H3. The van der Waals surface area contributed by atoms with Crippen molar-refractivity contribution in [1.29, 1.82) is 0 Å². The van der Waals surface area contributed by atoms with Crippen LogP contribution in [-0.4, -0.2) is 40.9 Å². The van der Waals surface area contributed by atoms with Gasteiger partial charge in [-0.25, -0.2) is 4.18 Å². The second-order valence-electron chi connectivity index (χ2n) is 4.01. The molecule has 0 radical (unpaired) electrons. The second-order valence-corrected chi connectivity index (χ2v) is 5.25. The van der Waals surface area contributed by atoms with Gasteiger partial charge in [0.1, 0.15) is 0 Å². The molecule has 19 heavy (non-hydrogen) atoms. The van der Waals surface area contributed by atoms with Crippen molar-refractivity contribution >= 4 is 10.4 Å². The monoisotopic (exact) mass is 297 g/mol. The van der Waals surface area contributed by atoms with E-state index in [0.717, 1.165) is 18.4 Å². The number of hydrogen-bond acceptors (Lipinski definition) is 7. The third kappa shape index (κ3) is 11.0. The lowest BCUT2D eigenvalue weighted by atomic mass is 10.2. The van der Waals surface area contributed by atoms with Gasteiger partial charge in [0.05, 0.1) is 32.5 Å². The van der Waals surface area contributed by atoms with Gasteiger partial charge in [0.25, 0.3) is 0 Å². The van der Waals surface area contributed by atoms with Crippen molar-refractivity contribution < 1.29 is 26.4 Å². The minimum absolute atomic E-state index is 0.102. The highest BCUT2D eigenvalue weighted by molar-refractivity contribution is 7.81. The highest BCUT2D eigenvalue weighted by Crippen LogP contribution is 2.02. The fourth-order valence-corrected chi connectivity index (χ4v) is 1.45. The molecule has 0 saturated heterocycles. The lowest BCUT2D eigenvalue weighted by Crippen LogP contribution is -2.23. The third-order valence-electron chi connectivity index (χ3n) is 2.21. The molecule has 1 atom stereocenters. The zero-order valence-corrected chi connectivity index (χ0v) is 12.3. The molecule has 0 spiro atoms. The Bertz CT molecular complexity index is 343. The lowest BCUT2D eigenvalue weighted by molar-refractivity contribution is -0.0266. The van der Waals surface area contributed by atoms with Crippen LogP contribution >= 0.6 is 0 Å². The van der Waals surface area contributed by atoms with Crippen molar-refractivity contribution in [2.75, 3.05) is 26.4 Å². The van der Waals surface area contributed by atoms with E-state index in [4.69, 9.17) is 9.47 Å². The van der Waals surface area contributed by atoms with Crippen molar-refractivity contribution in [2.24, 2.45) is 5.90 Å². The average molecular weight is 297 g/mol. The van der Waals surface area contributed by atoms with E-state index < -0.39 is 10.4 Å². The van der Waals surface area contributed by atoms with E-state index in [1.807, 2.05) is 13.8 Å². The van der Waals surface area contributed by atoms with E-state index in [1.165, 1.54) is 0 Å². The summed E-state index contributed by atoms with van der Waals surface area (Å²) in [5.41, 5.74) is 1.06. The molecule has 0 fully saturated rings. The van der Waals surface area contributed by atoms with Crippen molar-refractivity contribution in [3.05, 3.63) is 12.2 Å². The van der Waals surface area contributed by atoms with E-state index in [9.17, 15) is 8.42 Å². The van der Waals surface area contributed by atoms with E-state index in [-0.39, 0.29) is 19.3 Å². The van der Waals surface area contributed by atoms with Crippen LogP contribution in [0.25, 0.3) is 0 Å². The minimum atomic E-state index is -4.10. The smallest absolute Gasteiger partial charge is 0.378 e. The summed E-state index contributed by atoms with van der Waals surface area (Å²) in [7, 11) is -4.10. The summed E-state index contributed by atoms with van der Waals surface area (Å²) in [6.07, 6.45) is 1.47. The predicted octanol–water partition coefficient (Wildman–Crippen LogP) is 0.916. The van der Waals surface area contributed by atoms with Gasteiger partial charge in [-0.3, -0.25) is 0 Å². The van der Waals surface area contributed by atoms with Crippen LogP contribution in [0.5, 0.6) is 0 Å². The molecule has 0 rings (SSSR count).